The van der Waals surface area contributed by atoms with Crippen LogP contribution < -0.4 is 5.73 Å². The van der Waals surface area contributed by atoms with E-state index in [-0.39, 0.29) is 41.8 Å². The molecule has 0 amide bonds. The third kappa shape index (κ3) is 6.65. The number of ether oxygens (including phenoxy) is 2. The molecule has 0 aromatic carbocycles. The van der Waals surface area contributed by atoms with Crippen molar-refractivity contribution in [2.24, 2.45) is 34.3 Å². The number of carbonyl (C=O) groups excluding carboxylic acids is 4. The van der Waals surface area contributed by atoms with Crippen LogP contribution in [0.25, 0.3) is 0 Å². The van der Waals surface area contributed by atoms with E-state index < -0.39 is 83.4 Å². The molecule has 17 heteroatoms. The lowest BCUT2D eigenvalue weighted by Crippen LogP contribution is -2.62. The van der Waals surface area contributed by atoms with Crippen molar-refractivity contribution in [3.63, 3.8) is 0 Å². The number of nitrogens with two attached hydrogens (primary N) is 1. The Bertz CT molecular complexity index is 1270. The number of carbonyl (C=O) groups is 4. The van der Waals surface area contributed by atoms with Gasteiger partial charge in [0.15, 0.2) is 18.5 Å². The van der Waals surface area contributed by atoms with Gasteiger partial charge in [-0.3, -0.25) is 19.2 Å². The van der Waals surface area contributed by atoms with Gasteiger partial charge in [0.05, 0.1) is 12.5 Å². The largest absolute Gasteiger partial charge is 0.462 e. The first-order valence-corrected chi connectivity index (χ1v) is 14.9. The summed E-state index contributed by atoms with van der Waals surface area (Å²) < 4.78 is 9.79. The van der Waals surface area contributed by atoms with Gasteiger partial charge < -0.3 is 35.1 Å². The van der Waals surface area contributed by atoms with Crippen molar-refractivity contribution in [1.82, 2.24) is 0 Å². The van der Waals surface area contributed by atoms with E-state index in [1.165, 1.54) is 0 Å². The van der Waals surface area contributed by atoms with E-state index >= 15 is 0 Å². The van der Waals surface area contributed by atoms with Gasteiger partial charge in [-0.05, 0) is 67.8 Å². The molecular formula is C28H39N3O14. The first kappa shape index (κ1) is 34.2. The van der Waals surface area contributed by atoms with E-state index in [4.69, 9.17) is 15.2 Å². The molecule has 45 heavy (non-hydrogen) atoms. The van der Waals surface area contributed by atoms with Gasteiger partial charge in [-0.15, -0.1) is 20.2 Å². The molecular weight excluding hydrogens is 602 g/mol. The number of rotatable bonds is 13. The fraction of sp³-hybridized carbons (Fsp3) is 0.786. The van der Waals surface area contributed by atoms with Crippen LogP contribution in [0.4, 0.5) is 0 Å². The molecule has 250 valence electrons. The summed E-state index contributed by atoms with van der Waals surface area (Å²) >= 11 is 0. The lowest BCUT2D eigenvalue weighted by Gasteiger charge is -2.60. The minimum Gasteiger partial charge on any atom is -0.462 e. The van der Waals surface area contributed by atoms with Crippen LogP contribution in [0, 0.1) is 48.8 Å². The highest BCUT2D eigenvalue weighted by atomic mass is 17.0. The van der Waals surface area contributed by atoms with Crippen LogP contribution in [-0.2, 0) is 38.3 Å². The molecule has 0 bridgehead atoms. The summed E-state index contributed by atoms with van der Waals surface area (Å²) in [4.78, 5) is 79.1. The summed E-state index contributed by atoms with van der Waals surface area (Å²) in [6.45, 7) is 1.34. The molecule has 0 aromatic rings. The third-order valence-electron chi connectivity index (χ3n) is 10.6. The number of esters is 2. The normalized spacial score (nSPS) is 35.0. The van der Waals surface area contributed by atoms with Gasteiger partial charge in [-0.25, -0.2) is 0 Å². The number of allylic oxidation sites excluding steroid dienone is 1. The maximum atomic E-state index is 13.4. The summed E-state index contributed by atoms with van der Waals surface area (Å²) in [6.07, 6.45) is 1.87. The summed E-state index contributed by atoms with van der Waals surface area (Å²) in [6, 6.07) is -1.61. The Balaban J connectivity index is 1.33. The zero-order chi connectivity index (χ0) is 33.3. The van der Waals surface area contributed by atoms with Crippen LogP contribution in [0.1, 0.15) is 65.2 Å². The van der Waals surface area contributed by atoms with E-state index in [0.717, 1.165) is 12.0 Å². The van der Waals surface area contributed by atoms with Gasteiger partial charge in [-0.1, -0.05) is 19.4 Å². The molecule has 0 aromatic heterocycles. The van der Waals surface area contributed by atoms with Crippen LogP contribution in [0.5, 0.6) is 0 Å². The second-order valence-electron chi connectivity index (χ2n) is 13.0. The van der Waals surface area contributed by atoms with Gasteiger partial charge in [0.1, 0.15) is 24.9 Å². The number of aliphatic hydroxyl groups excluding tert-OH is 1. The fourth-order valence-electron chi connectivity index (χ4n) is 8.39. The number of fused-ring (bicyclic) bond motifs is 5. The van der Waals surface area contributed by atoms with Crippen molar-refractivity contribution in [1.29, 1.82) is 0 Å². The summed E-state index contributed by atoms with van der Waals surface area (Å²) in [5, 5.41) is 41.6. The Hall–Kier alpha value is -3.70. The maximum Gasteiger partial charge on any atom is 0.323 e. The van der Waals surface area contributed by atoms with Gasteiger partial charge >= 0.3 is 11.9 Å². The second-order valence-corrected chi connectivity index (χ2v) is 13.0. The van der Waals surface area contributed by atoms with E-state index in [1.54, 1.807) is 13.0 Å². The Morgan fingerprint density at radius 3 is 2.47 bits per heavy atom. The van der Waals surface area contributed by atoms with Crippen LogP contribution in [0.2, 0.25) is 0 Å². The topological polar surface area (TPSA) is 258 Å². The van der Waals surface area contributed by atoms with Crippen molar-refractivity contribution in [3.05, 3.63) is 31.9 Å². The molecule has 0 spiro atoms. The Labute approximate surface area is 257 Å². The molecule has 0 aliphatic heterocycles. The van der Waals surface area contributed by atoms with Gasteiger partial charge in [-0.2, -0.15) is 0 Å². The van der Waals surface area contributed by atoms with Gasteiger partial charge in [0.25, 0.3) is 10.2 Å². The van der Waals surface area contributed by atoms with E-state index in [9.17, 15) is 49.6 Å². The third-order valence-corrected chi connectivity index (χ3v) is 10.6. The fourth-order valence-corrected chi connectivity index (χ4v) is 8.39. The Morgan fingerprint density at radius 1 is 1.09 bits per heavy atom. The molecule has 9 atom stereocenters. The van der Waals surface area contributed by atoms with Crippen molar-refractivity contribution in [3.8, 4) is 0 Å². The van der Waals surface area contributed by atoms with Crippen molar-refractivity contribution in [2.75, 3.05) is 19.8 Å². The second kappa shape index (κ2) is 13.0. The summed E-state index contributed by atoms with van der Waals surface area (Å²) in [5.41, 5.74) is 3.53. The zero-order valence-corrected chi connectivity index (χ0v) is 25.1. The molecule has 4 N–H and O–H groups in total. The average molecular weight is 642 g/mol. The summed E-state index contributed by atoms with van der Waals surface area (Å²) in [5.74, 6) is -3.05. The molecule has 5 unspecified atom stereocenters. The monoisotopic (exact) mass is 641 g/mol. The van der Waals surface area contributed by atoms with Crippen LogP contribution in [0.15, 0.2) is 11.6 Å². The number of Topliss-reactive ketones (excluding diaryl/α,β-unsaturated/α-hetero) is 1. The number of ketones is 2. The first-order chi connectivity index (χ1) is 21.0. The predicted molar refractivity (Wildman–Crippen MR) is 147 cm³/mol. The standard InChI is InChI=1S/C28H39N3O14/c1-26-7-5-16(32)9-15(26)3-4-18-19-6-8-28(37,27(19,2)11-21(33)24(18)26)22(34)14-42-23(35)10-20(29)25(36)43-12-17(45-31(40)41)13-44-30(38)39/h9,17-21,24,33,37H,3-8,10-14,29H2,1-2H3/t17?,18?,19?,20?,21-,24?,26-,27-,28-/m0/s1. The highest BCUT2D eigenvalue weighted by Crippen LogP contribution is 2.67. The van der Waals surface area contributed by atoms with E-state index in [1.807, 2.05) is 0 Å². The molecule has 0 heterocycles. The smallest absolute Gasteiger partial charge is 0.323 e. The minimum atomic E-state index is -1.87. The lowest BCUT2D eigenvalue weighted by molar-refractivity contribution is -0.790. The quantitative estimate of drug-likeness (QED) is 0.139. The SMILES string of the molecule is C[C@]12CCC(=O)C=C1CCC1C2[C@@H](O)C[C@@]2(C)C1CC[C@]2(O)C(=O)COC(=O)CC(N)C(=O)OCC(CO[N+](=O)[O-])O[N+](=O)[O-]. The molecule has 3 saturated carbocycles. The molecule has 0 radical (unpaired) electrons. The average Bonchev–Trinajstić information content (AvgIpc) is 3.23. The van der Waals surface area contributed by atoms with Gasteiger partial charge in [0.2, 0.25) is 5.78 Å². The Morgan fingerprint density at radius 2 is 1.80 bits per heavy atom. The number of aliphatic hydroxyl groups is 2. The first-order valence-electron chi connectivity index (χ1n) is 14.9. The van der Waals surface area contributed by atoms with Crippen LogP contribution in [0.3, 0.4) is 0 Å². The number of hydrogen-bond acceptors (Lipinski definition) is 15. The number of nitrogens with zero attached hydrogens (tertiary/aromatic N) is 2. The van der Waals surface area contributed by atoms with Crippen molar-refractivity contribution in [2.45, 2.75) is 89.1 Å². The zero-order valence-electron chi connectivity index (χ0n) is 25.1. The predicted octanol–water partition coefficient (Wildman–Crippen LogP) is 0.378. The van der Waals surface area contributed by atoms with Crippen molar-refractivity contribution >= 4 is 23.5 Å². The molecule has 3 fully saturated rings. The molecule has 4 aliphatic carbocycles. The lowest BCUT2D eigenvalue weighted by atomic mass is 9.45. The summed E-state index contributed by atoms with van der Waals surface area (Å²) in [7, 11) is 0. The van der Waals surface area contributed by atoms with E-state index in [0.29, 0.717) is 25.7 Å². The van der Waals surface area contributed by atoms with Crippen LogP contribution >= 0.6 is 0 Å². The minimum absolute atomic E-state index is 0.0314. The van der Waals surface area contributed by atoms with E-state index in [2.05, 4.69) is 16.6 Å². The molecule has 4 rings (SSSR count). The molecule has 4 aliphatic rings. The Kier molecular flexibility index (Phi) is 9.84. The van der Waals surface area contributed by atoms with Crippen LogP contribution in [-0.4, -0.2) is 87.6 Å². The molecule has 17 nitrogen and oxygen atoms in total. The highest BCUT2D eigenvalue weighted by molar-refractivity contribution is 5.92. The maximum absolute atomic E-state index is 13.4. The number of hydrogen-bond donors (Lipinski definition) is 3. The highest BCUT2D eigenvalue weighted by Gasteiger charge is 2.68. The van der Waals surface area contributed by atoms with Crippen molar-refractivity contribution < 1.29 is 58.7 Å². The van der Waals surface area contributed by atoms with Gasteiger partial charge in [0, 0.05) is 11.8 Å². The molecule has 0 saturated heterocycles.